The van der Waals surface area contributed by atoms with E-state index in [2.05, 4.69) is 32.2 Å². The van der Waals surface area contributed by atoms with Gasteiger partial charge in [0.05, 0.1) is 29.5 Å². The predicted molar refractivity (Wildman–Crippen MR) is 135 cm³/mol. The number of ether oxygens (including phenoxy) is 2. The van der Waals surface area contributed by atoms with Crippen LogP contribution in [0.25, 0.3) is 33.6 Å². The van der Waals surface area contributed by atoms with Crippen LogP contribution in [-0.4, -0.2) is 33.6 Å². The van der Waals surface area contributed by atoms with Gasteiger partial charge in [-0.15, -0.1) is 10.2 Å². The molecular weight excluding hydrogens is 444 g/mol. The summed E-state index contributed by atoms with van der Waals surface area (Å²) in [7, 11) is 0. The molecule has 0 atom stereocenters. The summed E-state index contributed by atoms with van der Waals surface area (Å²) >= 11 is 0. The molecule has 2 aromatic heterocycles. The molecule has 1 saturated carbocycles. The molecule has 1 N–H and O–H groups in total. The van der Waals surface area contributed by atoms with Crippen molar-refractivity contribution in [3.63, 3.8) is 0 Å². The summed E-state index contributed by atoms with van der Waals surface area (Å²) in [6.45, 7) is 8.02. The molecule has 4 aromatic rings. The second-order valence-electron chi connectivity index (χ2n) is 9.07. The van der Waals surface area contributed by atoms with Crippen LogP contribution in [0, 0.1) is 6.92 Å². The zero-order chi connectivity index (χ0) is 24.5. The highest BCUT2D eigenvalue weighted by molar-refractivity contribution is 6.03. The van der Waals surface area contributed by atoms with Crippen LogP contribution in [0.1, 0.15) is 52.0 Å². The standard InChI is InChI=1S/C27H30N4O4/c1-5-33-21-13-14-22-23(15-21)31(20-7-6-8-20)25(24(22)26-30-29-17(4)35-26)18-9-11-19(12-10-18)28-27(32)34-16(2)3/h9-16,20H,5-8H2,1-4H3,(H,28,32). The third kappa shape index (κ3) is 4.48. The van der Waals surface area contributed by atoms with Crippen molar-refractivity contribution >= 4 is 22.7 Å². The molecule has 0 spiro atoms. The highest BCUT2D eigenvalue weighted by Crippen LogP contribution is 2.47. The second-order valence-corrected chi connectivity index (χ2v) is 9.07. The van der Waals surface area contributed by atoms with Crippen LogP contribution >= 0.6 is 0 Å². The fraction of sp³-hybridized carbons (Fsp3) is 0.370. The van der Waals surface area contributed by atoms with E-state index in [9.17, 15) is 4.79 Å². The molecule has 8 heteroatoms. The number of amides is 1. The smallest absolute Gasteiger partial charge is 0.411 e. The van der Waals surface area contributed by atoms with E-state index < -0.39 is 6.09 Å². The van der Waals surface area contributed by atoms with Crippen LogP contribution in [-0.2, 0) is 4.74 Å². The monoisotopic (exact) mass is 474 g/mol. The number of nitrogens with one attached hydrogen (secondary N) is 1. The largest absolute Gasteiger partial charge is 0.494 e. The van der Waals surface area contributed by atoms with E-state index in [4.69, 9.17) is 13.9 Å². The summed E-state index contributed by atoms with van der Waals surface area (Å²) < 4.78 is 19.4. The zero-order valence-electron chi connectivity index (χ0n) is 20.5. The minimum atomic E-state index is -0.471. The molecule has 2 heterocycles. The van der Waals surface area contributed by atoms with Gasteiger partial charge in [0.15, 0.2) is 0 Å². The molecule has 35 heavy (non-hydrogen) atoms. The Morgan fingerprint density at radius 3 is 2.54 bits per heavy atom. The van der Waals surface area contributed by atoms with E-state index in [0.29, 0.717) is 30.1 Å². The van der Waals surface area contributed by atoms with Gasteiger partial charge in [0.2, 0.25) is 5.89 Å². The van der Waals surface area contributed by atoms with Crippen molar-refractivity contribution in [1.29, 1.82) is 0 Å². The first kappa shape index (κ1) is 23.0. The maximum atomic E-state index is 12.0. The Morgan fingerprint density at radius 2 is 1.94 bits per heavy atom. The average Bonchev–Trinajstić information content (AvgIpc) is 3.34. The highest BCUT2D eigenvalue weighted by Gasteiger charge is 2.30. The number of carbonyl (C=O) groups is 1. The van der Waals surface area contributed by atoms with E-state index in [1.807, 2.05) is 51.1 Å². The third-order valence-corrected chi connectivity index (χ3v) is 6.21. The molecular formula is C27H30N4O4. The van der Waals surface area contributed by atoms with Crippen LogP contribution in [0.2, 0.25) is 0 Å². The van der Waals surface area contributed by atoms with Gasteiger partial charge in [-0.1, -0.05) is 12.1 Å². The second kappa shape index (κ2) is 9.44. The summed E-state index contributed by atoms with van der Waals surface area (Å²) in [4.78, 5) is 12.0. The van der Waals surface area contributed by atoms with Crippen molar-refractivity contribution < 1.29 is 18.7 Å². The van der Waals surface area contributed by atoms with Gasteiger partial charge in [-0.25, -0.2) is 4.79 Å². The molecule has 0 aliphatic heterocycles. The summed E-state index contributed by atoms with van der Waals surface area (Å²) in [6.07, 6.45) is 2.76. The van der Waals surface area contributed by atoms with E-state index in [-0.39, 0.29) is 6.10 Å². The molecule has 0 unspecified atom stereocenters. The van der Waals surface area contributed by atoms with Crippen LogP contribution in [0.15, 0.2) is 46.9 Å². The van der Waals surface area contributed by atoms with Crippen molar-refractivity contribution in [2.75, 3.05) is 11.9 Å². The SMILES string of the molecule is CCOc1ccc2c(-c3nnc(C)o3)c(-c3ccc(NC(=O)OC(C)C)cc3)n(C3CCC3)c2c1. The Labute approximate surface area is 204 Å². The van der Waals surface area contributed by atoms with Crippen LogP contribution in [0.4, 0.5) is 10.5 Å². The minimum Gasteiger partial charge on any atom is -0.494 e. The van der Waals surface area contributed by atoms with Gasteiger partial charge in [-0.3, -0.25) is 5.32 Å². The van der Waals surface area contributed by atoms with E-state index in [1.54, 1.807) is 6.92 Å². The Bertz CT molecular complexity index is 1350. The minimum absolute atomic E-state index is 0.186. The van der Waals surface area contributed by atoms with E-state index in [1.165, 1.54) is 6.42 Å². The summed E-state index contributed by atoms with van der Waals surface area (Å²) in [5.41, 5.74) is 4.69. The Morgan fingerprint density at radius 1 is 1.17 bits per heavy atom. The maximum absolute atomic E-state index is 12.0. The van der Waals surface area contributed by atoms with Crippen molar-refractivity contribution in [3.8, 4) is 28.5 Å². The maximum Gasteiger partial charge on any atom is 0.411 e. The van der Waals surface area contributed by atoms with Gasteiger partial charge in [0.1, 0.15) is 5.75 Å². The normalized spacial score (nSPS) is 13.7. The Hall–Kier alpha value is -3.81. The molecule has 0 radical (unpaired) electrons. The molecule has 8 nitrogen and oxygen atoms in total. The average molecular weight is 475 g/mol. The molecule has 182 valence electrons. The van der Waals surface area contributed by atoms with Gasteiger partial charge in [0, 0.05) is 30.1 Å². The first-order valence-corrected chi connectivity index (χ1v) is 12.1. The molecule has 1 fully saturated rings. The molecule has 5 rings (SSSR count). The number of carbonyl (C=O) groups excluding carboxylic acids is 1. The molecule has 0 bridgehead atoms. The van der Waals surface area contributed by atoms with Crippen LogP contribution in [0.3, 0.4) is 0 Å². The number of nitrogens with zero attached hydrogens (tertiary/aromatic N) is 3. The van der Waals surface area contributed by atoms with Gasteiger partial charge in [-0.05, 0) is 69.9 Å². The predicted octanol–water partition coefficient (Wildman–Crippen LogP) is 6.75. The number of hydrogen-bond donors (Lipinski definition) is 1. The number of rotatable bonds is 7. The van der Waals surface area contributed by atoms with Crippen molar-refractivity contribution in [1.82, 2.24) is 14.8 Å². The Balaban J connectivity index is 1.66. The number of anilines is 1. The van der Waals surface area contributed by atoms with Gasteiger partial charge in [0.25, 0.3) is 5.89 Å². The van der Waals surface area contributed by atoms with E-state index in [0.717, 1.165) is 46.3 Å². The Kier molecular flexibility index (Phi) is 6.19. The topological polar surface area (TPSA) is 91.4 Å². The number of hydrogen-bond acceptors (Lipinski definition) is 6. The summed E-state index contributed by atoms with van der Waals surface area (Å²) in [5.74, 6) is 1.85. The van der Waals surface area contributed by atoms with Crippen LogP contribution < -0.4 is 10.1 Å². The summed E-state index contributed by atoms with van der Waals surface area (Å²) in [5, 5.41) is 12.3. The lowest BCUT2D eigenvalue weighted by Crippen LogP contribution is -2.18. The first-order valence-electron chi connectivity index (χ1n) is 12.1. The first-order chi connectivity index (χ1) is 16.9. The lowest BCUT2D eigenvalue weighted by atomic mass is 9.92. The lowest BCUT2D eigenvalue weighted by Gasteiger charge is -2.30. The van der Waals surface area contributed by atoms with Crippen molar-refractivity contribution in [2.45, 2.75) is 59.1 Å². The number of aryl methyl sites for hydroxylation is 1. The quantitative estimate of drug-likeness (QED) is 0.319. The van der Waals surface area contributed by atoms with Crippen LogP contribution in [0.5, 0.6) is 5.75 Å². The number of fused-ring (bicyclic) bond motifs is 1. The number of benzene rings is 2. The third-order valence-electron chi connectivity index (χ3n) is 6.21. The summed E-state index contributed by atoms with van der Waals surface area (Å²) in [6, 6.07) is 14.3. The van der Waals surface area contributed by atoms with Gasteiger partial charge >= 0.3 is 6.09 Å². The molecule has 0 saturated heterocycles. The zero-order valence-corrected chi connectivity index (χ0v) is 20.5. The van der Waals surface area contributed by atoms with Gasteiger partial charge < -0.3 is 18.5 Å². The van der Waals surface area contributed by atoms with Gasteiger partial charge in [-0.2, -0.15) is 0 Å². The fourth-order valence-electron chi connectivity index (χ4n) is 4.54. The van der Waals surface area contributed by atoms with E-state index >= 15 is 0 Å². The fourth-order valence-corrected chi connectivity index (χ4v) is 4.54. The van der Waals surface area contributed by atoms with Crippen molar-refractivity contribution in [2.24, 2.45) is 0 Å². The van der Waals surface area contributed by atoms with Crippen molar-refractivity contribution in [3.05, 3.63) is 48.4 Å². The molecule has 1 aliphatic carbocycles. The molecule has 1 aliphatic rings. The lowest BCUT2D eigenvalue weighted by molar-refractivity contribution is 0.130. The highest BCUT2D eigenvalue weighted by atomic mass is 16.6. The molecule has 2 aromatic carbocycles. The molecule has 1 amide bonds. The number of aromatic nitrogens is 3.